The van der Waals surface area contributed by atoms with Gasteiger partial charge in [0.15, 0.2) is 0 Å². The topological polar surface area (TPSA) is 30.3 Å². The van der Waals surface area contributed by atoms with Gasteiger partial charge in [0.1, 0.15) is 11.6 Å². The molecule has 1 aromatic carbocycles. The fourth-order valence-corrected chi connectivity index (χ4v) is 2.70. The Morgan fingerprint density at radius 3 is 2.62 bits per heavy atom. The number of halogens is 1. The van der Waals surface area contributed by atoms with Gasteiger partial charge in [0.25, 0.3) is 0 Å². The van der Waals surface area contributed by atoms with Crippen LogP contribution in [0.2, 0.25) is 0 Å². The molecule has 21 heavy (non-hydrogen) atoms. The van der Waals surface area contributed by atoms with E-state index < -0.39 is 0 Å². The van der Waals surface area contributed by atoms with Gasteiger partial charge in [0.05, 0.1) is 23.5 Å². The number of nitrogens with zero attached hydrogens (tertiary/aromatic N) is 3. The summed E-state index contributed by atoms with van der Waals surface area (Å²) in [5, 5.41) is -0.120. The quantitative estimate of drug-likeness (QED) is 0.759. The van der Waals surface area contributed by atoms with Crippen molar-refractivity contribution in [1.82, 2.24) is 14.5 Å². The van der Waals surface area contributed by atoms with Crippen LogP contribution in [0.5, 0.6) is 5.75 Å². The highest BCUT2D eigenvalue weighted by molar-refractivity contribution is 6.20. The molecule has 1 aromatic heterocycles. The molecule has 1 heterocycles. The van der Waals surface area contributed by atoms with Crippen LogP contribution < -0.4 is 4.74 Å². The normalized spacial score (nSPS) is 14.6. The fourth-order valence-electron chi connectivity index (χ4n) is 2.54. The summed E-state index contributed by atoms with van der Waals surface area (Å²) in [4.78, 5) is 6.90. The maximum atomic E-state index is 6.34. The lowest BCUT2D eigenvalue weighted by atomic mass is 10.2. The van der Waals surface area contributed by atoms with Crippen molar-refractivity contribution < 1.29 is 4.74 Å². The second kappa shape index (κ2) is 6.67. The molecule has 2 aromatic rings. The molecule has 4 nitrogen and oxygen atoms in total. The molecular weight excluding hydrogens is 286 g/mol. The van der Waals surface area contributed by atoms with E-state index >= 15 is 0 Å². The molecule has 2 atom stereocenters. The van der Waals surface area contributed by atoms with Gasteiger partial charge in [-0.15, -0.1) is 11.6 Å². The van der Waals surface area contributed by atoms with Gasteiger partial charge >= 0.3 is 0 Å². The van der Waals surface area contributed by atoms with Gasteiger partial charge in [-0.1, -0.05) is 0 Å². The van der Waals surface area contributed by atoms with Crippen LogP contribution in [0.3, 0.4) is 0 Å². The summed E-state index contributed by atoms with van der Waals surface area (Å²) in [7, 11) is 5.85. The Kier molecular flexibility index (Phi) is 5.12. The Morgan fingerprint density at radius 2 is 2.05 bits per heavy atom. The summed E-state index contributed by atoms with van der Waals surface area (Å²) in [5.74, 6) is 1.74. The Hall–Kier alpha value is -1.26. The number of imidazole rings is 1. The average molecular weight is 310 g/mol. The number of rotatable bonds is 6. The van der Waals surface area contributed by atoms with E-state index in [4.69, 9.17) is 21.3 Å². The lowest BCUT2D eigenvalue weighted by molar-refractivity contribution is 0.357. The van der Waals surface area contributed by atoms with E-state index in [0.29, 0.717) is 6.04 Å². The molecule has 2 unspecified atom stereocenters. The highest BCUT2D eigenvalue weighted by Gasteiger charge is 2.19. The summed E-state index contributed by atoms with van der Waals surface area (Å²) < 4.78 is 7.54. The van der Waals surface area contributed by atoms with Crippen molar-refractivity contribution in [2.75, 3.05) is 27.7 Å². The third-order valence-electron chi connectivity index (χ3n) is 3.71. The molecule has 0 aliphatic heterocycles. The molecule has 0 radical (unpaired) electrons. The number of benzene rings is 1. The Balaban J connectivity index is 2.45. The molecule has 0 spiro atoms. The first kappa shape index (κ1) is 16.1. The van der Waals surface area contributed by atoms with Crippen LogP contribution in [-0.4, -0.2) is 42.2 Å². The Labute approximate surface area is 131 Å². The lowest BCUT2D eigenvalue weighted by Gasteiger charge is -2.20. The predicted octanol–water partition coefficient (Wildman–Crippen LogP) is 3.86. The van der Waals surface area contributed by atoms with Crippen LogP contribution in [0.1, 0.15) is 37.5 Å². The number of hydrogen-bond donors (Lipinski definition) is 0. The molecule has 5 heteroatoms. The minimum atomic E-state index is -0.120. The van der Waals surface area contributed by atoms with Crippen LogP contribution in [0, 0.1) is 0 Å². The lowest BCUT2D eigenvalue weighted by Crippen LogP contribution is -2.18. The summed E-state index contributed by atoms with van der Waals surface area (Å²) in [5.41, 5.74) is 2.05. The van der Waals surface area contributed by atoms with E-state index in [1.54, 1.807) is 7.11 Å². The van der Waals surface area contributed by atoms with Gasteiger partial charge in [-0.05, 0) is 53.0 Å². The fraction of sp³-hybridized carbons (Fsp3) is 0.562. The third kappa shape index (κ3) is 3.50. The van der Waals surface area contributed by atoms with Crippen molar-refractivity contribution in [2.24, 2.45) is 0 Å². The SMILES string of the molecule is COc1ccc2c(c1)nc(C(C)Cl)n2C(C)CCN(C)C. The minimum absolute atomic E-state index is 0.120. The number of hydrogen-bond acceptors (Lipinski definition) is 3. The van der Waals surface area contributed by atoms with Crippen molar-refractivity contribution >= 4 is 22.6 Å². The van der Waals surface area contributed by atoms with Crippen LogP contribution in [0.4, 0.5) is 0 Å². The van der Waals surface area contributed by atoms with Crippen molar-refractivity contribution in [3.63, 3.8) is 0 Å². The molecular formula is C16H24ClN3O. The first-order valence-corrected chi connectivity index (χ1v) is 7.72. The molecule has 0 aliphatic carbocycles. The number of alkyl halides is 1. The van der Waals surface area contributed by atoms with Crippen molar-refractivity contribution in [3.05, 3.63) is 24.0 Å². The van der Waals surface area contributed by atoms with Crippen LogP contribution in [-0.2, 0) is 0 Å². The van der Waals surface area contributed by atoms with Gasteiger partial charge < -0.3 is 14.2 Å². The van der Waals surface area contributed by atoms with Crippen molar-refractivity contribution in [1.29, 1.82) is 0 Å². The van der Waals surface area contributed by atoms with E-state index in [0.717, 1.165) is 35.6 Å². The molecule has 0 aliphatic rings. The molecule has 2 rings (SSSR count). The zero-order valence-corrected chi connectivity index (χ0v) is 14.2. The number of methoxy groups -OCH3 is 1. The number of ether oxygens (including phenoxy) is 1. The molecule has 0 saturated heterocycles. The number of fused-ring (bicyclic) bond motifs is 1. The van der Waals surface area contributed by atoms with Crippen LogP contribution in [0.25, 0.3) is 11.0 Å². The first-order valence-electron chi connectivity index (χ1n) is 7.28. The van der Waals surface area contributed by atoms with E-state index in [-0.39, 0.29) is 5.38 Å². The van der Waals surface area contributed by atoms with E-state index in [1.807, 2.05) is 19.1 Å². The standard InChI is InChI=1S/C16H24ClN3O/c1-11(8-9-19(3)4)20-15-7-6-13(21-5)10-14(15)18-16(20)12(2)17/h6-7,10-12H,8-9H2,1-5H3. The maximum absolute atomic E-state index is 6.34. The average Bonchev–Trinajstić information content (AvgIpc) is 2.83. The summed E-state index contributed by atoms with van der Waals surface area (Å²) in [6.45, 7) is 5.22. The molecule has 0 fully saturated rings. The highest BCUT2D eigenvalue weighted by Crippen LogP contribution is 2.31. The summed E-state index contributed by atoms with van der Waals surface area (Å²) >= 11 is 6.34. The van der Waals surface area contributed by atoms with Gasteiger partial charge in [0, 0.05) is 12.1 Å². The smallest absolute Gasteiger partial charge is 0.127 e. The second-order valence-electron chi connectivity index (χ2n) is 5.75. The highest BCUT2D eigenvalue weighted by atomic mass is 35.5. The van der Waals surface area contributed by atoms with Gasteiger partial charge in [-0.25, -0.2) is 4.98 Å². The zero-order valence-electron chi connectivity index (χ0n) is 13.4. The van der Waals surface area contributed by atoms with Gasteiger partial charge in [0.2, 0.25) is 0 Å². The Bertz CT molecular complexity index is 607. The minimum Gasteiger partial charge on any atom is -0.497 e. The molecule has 0 bridgehead atoms. The van der Waals surface area contributed by atoms with E-state index in [2.05, 4.69) is 36.6 Å². The molecule has 0 N–H and O–H groups in total. The van der Waals surface area contributed by atoms with Crippen molar-refractivity contribution in [2.45, 2.75) is 31.7 Å². The van der Waals surface area contributed by atoms with Crippen LogP contribution in [0.15, 0.2) is 18.2 Å². The Morgan fingerprint density at radius 1 is 1.33 bits per heavy atom. The maximum Gasteiger partial charge on any atom is 0.127 e. The molecule has 0 amide bonds. The van der Waals surface area contributed by atoms with Gasteiger partial charge in [-0.3, -0.25) is 0 Å². The van der Waals surface area contributed by atoms with Crippen LogP contribution >= 0.6 is 11.6 Å². The first-order chi connectivity index (χ1) is 9.93. The second-order valence-corrected chi connectivity index (χ2v) is 6.41. The number of aromatic nitrogens is 2. The third-order valence-corrected chi connectivity index (χ3v) is 3.91. The van der Waals surface area contributed by atoms with E-state index in [1.165, 1.54) is 0 Å². The molecule has 116 valence electrons. The zero-order chi connectivity index (χ0) is 15.6. The molecule has 0 saturated carbocycles. The van der Waals surface area contributed by atoms with Gasteiger partial charge in [-0.2, -0.15) is 0 Å². The van der Waals surface area contributed by atoms with E-state index in [9.17, 15) is 0 Å². The largest absolute Gasteiger partial charge is 0.497 e. The summed E-state index contributed by atoms with van der Waals surface area (Å²) in [6.07, 6.45) is 1.06. The summed E-state index contributed by atoms with van der Waals surface area (Å²) in [6, 6.07) is 6.35. The van der Waals surface area contributed by atoms with Crippen molar-refractivity contribution in [3.8, 4) is 5.75 Å². The monoisotopic (exact) mass is 309 g/mol. The predicted molar refractivity (Wildman–Crippen MR) is 88.4 cm³/mol.